The van der Waals surface area contributed by atoms with Gasteiger partial charge in [-0.15, -0.1) is 0 Å². The molecule has 0 radical (unpaired) electrons. The van der Waals surface area contributed by atoms with Crippen LogP contribution in [0.2, 0.25) is 5.02 Å². The Hall–Kier alpha value is -2.58. The predicted octanol–water partition coefficient (Wildman–Crippen LogP) is 5.54. The summed E-state index contributed by atoms with van der Waals surface area (Å²) in [5.41, 5.74) is 4.53. The zero-order valence-corrected chi connectivity index (χ0v) is 15.1. The van der Waals surface area contributed by atoms with Crippen molar-refractivity contribution in [2.45, 2.75) is 24.8 Å². The molecule has 1 N–H and O–H groups in total. The molecule has 0 fully saturated rings. The highest BCUT2D eigenvalue weighted by Crippen LogP contribution is 2.42. The third kappa shape index (κ3) is 3.51. The van der Waals surface area contributed by atoms with Gasteiger partial charge in [0.15, 0.2) is 0 Å². The molecule has 3 aromatic carbocycles. The fraction of sp³-hybridized carbons (Fsp3) is 0.174. The summed E-state index contributed by atoms with van der Waals surface area (Å²) in [7, 11) is 0. The third-order valence-corrected chi connectivity index (χ3v) is 5.32. The average Bonchev–Trinajstić information content (AvgIpc) is 3.02. The standard InChI is InChI=1S/C23H20ClNO/c24-19-12-10-16(11-13-19)14-18-15-22(21-9-5-4-8-20(18)21)25-23(26)17-6-2-1-3-7-17/h1-13,18,22H,14-15H2,(H,25,26)/t18-,22+/m1/s1. The monoisotopic (exact) mass is 361 g/mol. The lowest BCUT2D eigenvalue weighted by Crippen LogP contribution is -2.27. The van der Waals surface area contributed by atoms with E-state index in [0.29, 0.717) is 11.5 Å². The number of carbonyl (C=O) groups is 1. The van der Waals surface area contributed by atoms with E-state index in [0.717, 1.165) is 17.9 Å². The Morgan fingerprint density at radius 2 is 1.54 bits per heavy atom. The molecule has 1 aliphatic rings. The second-order valence-corrected chi connectivity index (χ2v) is 7.22. The molecule has 2 nitrogen and oxygen atoms in total. The third-order valence-electron chi connectivity index (χ3n) is 5.07. The maximum atomic E-state index is 12.6. The number of halogens is 1. The first-order valence-electron chi connectivity index (χ1n) is 8.90. The maximum absolute atomic E-state index is 12.6. The number of hydrogen-bond donors (Lipinski definition) is 1. The lowest BCUT2D eigenvalue weighted by molar-refractivity contribution is 0.0936. The number of amides is 1. The smallest absolute Gasteiger partial charge is 0.251 e. The van der Waals surface area contributed by atoms with E-state index in [1.54, 1.807) is 0 Å². The van der Waals surface area contributed by atoms with E-state index in [2.05, 4.69) is 35.6 Å². The summed E-state index contributed by atoms with van der Waals surface area (Å²) in [5, 5.41) is 3.97. The first-order chi connectivity index (χ1) is 12.7. The van der Waals surface area contributed by atoms with Crippen molar-refractivity contribution in [2.24, 2.45) is 0 Å². The fourth-order valence-corrected chi connectivity index (χ4v) is 3.93. The molecule has 4 rings (SSSR count). The van der Waals surface area contributed by atoms with Gasteiger partial charge in [0.1, 0.15) is 0 Å². The van der Waals surface area contributed by atoms with Crippen LogP contribution in [-0.2, 0) is 6.42 Å². The highest BCUT2D eigenvalue weighted by molar-refractivity contribution is 6.30. The van der Waals surface area contributed by atoms with Gasteiger partial charge in [-0.3, -0.25) is 4.79 Å². The Bertz CT molecular complexity index is 905. The van der Waals surface area contributed by atoms with Crippen LogP contribution in [0.4, 0.5) is 0 Å². The van der Waals surface area contributed by atoms with Crippen LogP contribution in [-0.4, -0.2) is 5.91 Å². The fourth-order valence-electron chi connectivity index (χ4n) is 3.80. The first-order valence-corrected chi connectivity index (χ1v) is 9.27. The summed E-state index contributed by atoms with van der Waals surface area (Å²) >= 11 is 6.00. The maximum Gasteiger partial charge on any atom is 0.251 e. The van der Waals surface area contributed by atoms with Gasteiger partial charge in [-0.1, -0.05) is 66.2 Å². The number of nitrogens with one attached hydrogen (secondary N) is 1. The summed E-state index contributed by atoms with van der Waals surface area (Å²) in [6.07, 6.45) is 1.87. The van der Waals surface area contributed by atoms with Gasteiger partial charge in [-0.25, -0.2) is 0 Å². The van der Waals surface area contributed by atoms with Crippen LogP contribution in [0.1, 0.15) is 45.4 Å². The molecule has 3 aromatic rings. The molecule has 3 heteroatoms. The molecule has 0 unspecified atom stereocenters. The van der Waals surface area contributed by atoms with Crippen LogP contribution in [0, 0.1) is 0 Å². The highest BCUT2D eigenvalue weighted by atomic mass is 35.5. The van der Waals surface area contributed by atoms with E-state index >= 15 is 0 Å². The van der Waals surface area contributed by atoms with Crippen molar-refractivity contribution in [3.63, 3.8) is 0 Å². The predicted molar refractivity (Wildman–Crippen MR) is 106 cm³/mol. The molecule has 0 heterocycles. The molecule has 0 aromatic heterocycles. The van der Waals surface area contributed by atoms with Crippen molar-refractivity contribution in [3.05, 3.63) is 106 Å². The number of fused-ring (bicyclic) bond motifs is 1. The molecular formula is C23H20ClNO. The minimum Gasteiger partial charge on any atom is -0.345 e. The van der Waals surface area contributed by atoms with E-state index in [-0.39, 0.29) is 11.9 Å². The van der Waals surface area contributed by atoms with Crippen LogP contribution in [0.3, 0.4) is 0 Å². The van der Waals surface area contributed by atoms with Crippen LogP contribution in [0.25, 0.3) is 0 Å². The van der Waals surface area contributed by atoms with Gasteiger partial charge in [-0.05, 0) is 59.7 Å². The molecule has 0 saturated heterocycles. The zero-order valence-electron chi connectivity index (χ0n) is 14.4. The van der Waals surface area contributed by atoms with Crippen molar-refractivity contribution < 1.29 is 4.79 Å². The number of hydrogen-bond acceptors (Lipinski definition) is 1. The number of carbonyl (C=O) groups excluding carboxylic acids is 1. The SMILES string of the molecule is O=C(N[C@H]1C[C@@H](Cc2ccc(Cl)cc2)c2ccccc21)c1ccccc1. The van der Waals surface area contributed by atoms with Gasteiger partial charge in [0.25, 0.3) is 5.91 Å². The van der Waals surface area contributed by atoms with Crippen molar-refractivity contribution >= 4 is 17.5 Å². The van der Waals surface area contributed by atoms with Gasteiger partial charge < -0.3 is 5.32 Å². The second kappa shape index (κ2) is 7.35. The van der Waals surface area contributed by atoms with Crippen molar-refractivity contribution in [3.8, 4) is 0 Å². The van der Waals surface area contributed by atoms with Gasteiger partial charge in [-0.2, -0.15) is 0 Å². The summed E-state index contributed by atoms with van der Waals surface area (Å²) in [6.45, 7) is 0. The molecule has 0 aliphatic heterocycles. The molecule has 130 valence electrons. The van der Waals surface area contributed by atoms with E-state index in [1.807, 2.05) is 48.5 Å². The minimum absolute atomic E-state index is 0.0162. The summed E-state index contributed by atoms with van der Waals surface area (Å²) < 4.78 is 0. The summed E-state index contributed by atoms with van der Waals surface area (Å²) in [5.74, 6) is 0.381. The van der Waals surface area contributed by atoms with E-state index in [1.165, 1.54) is 16.7 Å². The highest BCUT2D eigenvalue weighted by Gasteiger charge is 2.31. The molecule has 26 heavy (non-hydrogen) atoms. The lowest BCUT2D eigenvalue weighted by atomic mass is 9.94. The first kappa shape index (κ1) is 16.9. The Morgan fingerprint density at radius 3 is 2.27 bits per heavy atom. The minimum atomic E-state index is -0.0162. The topological polar surface area (TPSA) is 29.1 Å². The normalized spacial score (nSPS) is 18.3. The van der Waals surface area contributed by atoms with Crippen molar-refractivity contribution in [1.29, 1.82) is 0 Å². The largest absolute Gasteiger partial charge is 0.345 e. The van der Waals surface area contributed by atoms with Gasteiger partial charge in [0.2, 0.25) is 0 Å². The molecule has 1 aliphatic carbocycles. The van der Waals surface area contributed by atoms with E-state index in [9.17, 15) is 4.79 Å². The molecule has 0 spiro atoms. The Morgan fingerprint density at radius 1 is 0.885 bits per heavy atom. The second-order valence-electron chi connectivity index (χ2n) is 6.78. The Labute approximate surface area is 158 Å². The van der Waals surface area contributed by atoms with Gasteiger partial charge in [0, 0.05) is 10.6 Å². The molecule has 0 bridgehead atoms. The average molecular weight is 362 g/mol. The number of rotatable bonds is 4. The van der Waals surface area contributed by atoms with E-state index < -0.39 is 0 Å². The molecular weight excluding hydrogens is 342 g/mol. The van der Waals surface area contributed by atoms with Gasteiger partial charge >= 0.3 is 0 Å². The summed E-state index contributed by atoms with van der Waals surface area (Å²) in [4.78, 5) is 12.6. The van der Waals surface area contributed by atoms with Crippen LogP contribution < -0.4 is 5.32 Å². The van der Waals surface area contributed by atoms with Crippen LogP contribution in [0.15, 0.2) is 78.9 Å². The molecule has 2 atom stereocenters. The quantitative estimate of drug-likeness (QED) is 0.649. The Balaban J connectivity index is 1.54. The Kier molecular flexibility index (Phi) is 4.77. The van der Waals surface area contributed by atoms with E-state index in [4.69, 9.17) is 11.6 Å². The molecule has 0 saturated carbocycles. The van der Waals surface area contributed by atoms with Crippen LogP contribution >= 0.6 is 11.6 Å². The number of benzene rings is 3. The van der Waals surface area contributed by atoms with Crippen molar-refractivity contribution in [1.82, 2.24) is 5.32 Å². The summed E-state index contributed by atoms with van der Waals surface area (Å²) in [6, 6.07) is 25.9. The lowest BCUT2D eigenvalue weighted by Gasteiger charge is -2.15. The van der Waals surface area contributed by atoms with Crippen LogP contribution in [0.5, 0.6) is 0 Å². The zero-order chi connectivity index (χ0) is 17.9. The molecule has 1 amide bonds. The van der Waals surface area contributed by atoms with Gasteiger partial charge in [0.05, 0.1) is 6.04 Å². The van der Waals surface area contributed by atoms with Crippen molar-refractivity contribution in [2.75, 3.05) is 0 Å².